The maximum Gasteiger partial charge on any atom is 0.225 e. The summed E-state index contributed by atoms with van der Waals surface area (Å²) in [4.78, 5) is 30.0. The van der Waals surface area contributed by atoms with Gasteiger partial charge in [0.1, 0.15) is 0 Å². The Bertz CT molecular complexity index is 557. The minimum absolute atomic E-state index is 0.0718. The highest BCUT2D eigenvalue weighted by Gasteiger charge is 2.41. The fourth-order valence-corrected chi connectivity index (χ4v) is 2.72. The van der Waals surface area contributed by atoms with Crippen LogP contribution in [-0.4, -0.2) is 41.4 Å². The number of carbonyl (C=O) groups excluding carboxylic acids is 2. The van der Waals surface area contributed by atoms with E-state index in [0.29, 0.717) is 31.4 Å². The Hall–Kier alpha value is -2.11. The molecule has 0 bridgehead atoms. The predicted octanol–water partition coefficient (Wildman–Crippen LogP) is 0.717. The topological polar surface area (TPSA) is 71.5 Å². The van der Waals surface area contributed by atoms with Crippen LogP contribution in [0.15, 0.2) is 18.3 Å². The molecule has 6 heteroatoms. The Balaban J connectivity index is 1.56. The summed E-state index contributed by atoms with van der Waals surface area (Å²) in [7, 11) is 1.55. The molecule has 1 aromatic heterocycles. The number of amides is 2. The molecule has 0 radical (unpaired) electrons. The average Bonchev–Trinajstić information content (AvgIpc) is 3.27. The number of pyridine rings is 1. The van der Waals surface area contributed by atoms with Crippen LogP contribution in [0.1, 0.15) is 24.8 Å². The van der Waals surface area contributed by atoms with E-state index in [1.807, 2.05) is 11.0 Å². The number of nitrogens with zero attached hydrogens (tertiary/aromatic N) is 2. The van der Waals surface area contributed by atoms with Crippen molar-refractivity contribution in [2.24, 2.45) is 5.92 Å². The Morgan fingerprint density at radius 1 is 1.52 bits per heavy atom. The molecule has 1 saturated carbocycles. The van der Waals surface area contributed by atoms with Crippen molar-refractivity contribution >= 4 is 11.8 Å². The lowest BCUT2D eigenvalue weighted by atomic mass is 10.1. The first-order valence-corrected chi connectivity index (χ1v) is 7.24. The Labute approximate surface area is 123 Å². The van der Waals surface area contributed by atoms with Crippen molar-refractivity contribution in [1.82, 2.24) is 15.2 Å². The van der Waals surface area contributed by atoms with Crippen LogP contribution in [-0.2, 0) is 16.1 Å². The number of hydrogen-bond donors (Lipinski definition) is 1. The van der Waals surface area contributed by atoms with Crippen LogP contribution in [0.4, 0.5) is 0 Å². The van der Waals surface area contributed by atoms with Gasteiger partial charge in [-0.15, -0.1) is 0 Å². The van der Waals surface area contributed by atoms with Crippen LogP contribution in [0.3, 0.4) is 0 Å². The van der Waals surface area contributed by atoms with Gasteiger partial charge in [0.25, 0.3) is 0 Å². The number of aromatic nitrogens is 1. The van der Waals surface area contributed by atoms with E-state index in [4.69, 9.17) is 4.74 Å². The van der Waals surface area contributed by atoms with Crippen LogP contribution >= 0.6 is 0 Å². The molecular weight excluding hydrogens is 270 g/mol. The minimum atomic E-state index is -0.235. The number of rotatable bonds is 5. The van der Waals surface area contributed by atoms with E-state index < -0.39 is 0 Å². The maximum atomic E-state index is 12.2. The molecule has 21 heavy (non-hydrogen) atoms. The highest BCUT2D eigenvalue weighted by atomic mass is 16.5. The van der Waals surface area contributed by atoms with E-state index in [1.165, 1.54) is 0 Å². The summed E-state index contributed by atoms with van der Waals surface area (Å²) in [5.74, 6) is 0.315. The molecule has 3 rings (SSSR count). The summed E-state index contributed by atoms with van der Waals surface area (Å²) in [5, 5.41) is 2.88. The number of likely N-dealkylation sites (tertiary alicyclic amines) is 1. The molecule has 1 N–H and O–H groups in total. The third-order valence-corrected chi connectivity index (χ3v) is 4.01. The zero-order valence-corrected chi connectivity index (χ0v) is 12.0. The van der Waals surface area contributed by atoms with Crippen LogP contribution in [0, 0.1) is 5.92 Å². The third kappa shape index (κ3) is 2.99. The lowest BCUT2D eigenvalue weighted by molar-refractivity contribution is -0.129. The van der Waals surface area contributed by atoms with E-state index >= 15 is 0 Å². The quantitative estimate of drug-likeness (QED) is 0.867. The fourth-order valence-electron chi connectivity index (χ4n) is 2.72. The molecule has 1 aliphatic carbocycles. The molecule has 1 aromatic rings. The molecule has 0 spiro atoms. The van der Waals surface area contributed by atoms with E-state index in [-0.39, 0.29) is 17.7 Å². The van der Waals surface area contributed by atoms with Gasteiger partial charge in [-0.25, -0.2) is 4.98 Å². The molecule has 6 nitrogen and oxygen atoms in total. The highest BCUT2D eigenvalue weighted by molar-refractivity contribution is 5.89. The van der Waals surface area contributed by atoms with Gasteiger partial charge >= 0.3 is 0 Å². The van der Waals surface area contributed by atoms with Crippen LogP contribution in [0.5, 0.6) is 5.88 Å². The molecule has 0 aromatic carbocycles. The zero-order valence-electron chi connectivity index (χ0n) is 12.0. The molecule has 1 aliphatic heterocycles. The highest BCUT2D eigenvalue weighted by Crippen LogP contribution is 2.32. The summed E-state index contributed by atoms with van der Waals surface area (Å²) in [6.07, 6.45) is 4.12. The number of hydrogen-bond acceptors (Lipinski definition) is 4. The van der Waals surface area contributed by atoms with E-state index in [1.54, 1.807) is 19.4 Å². The van der Waals surface area contributed by atoms with Crippen LogP contribution in [0.2, 0.25) is 0 Å². The van der Waals surface area contributed by atoms with Crippen molar-refractivity contribution in [2.75, 3.05) is 13.7 Å². The van der Waals surface area contributed by atoms with Gasteiger partial charge < -0.3 is 15.0 Å². The average molecular weight is 289 g/mol. The summed E-state index contributed by atoms with van der Waals surface area (Å²) in [5.41, 5.74) is 0.830. The molecule has 112 valence electrons. The molecule has 2 amide bonds. The molecule has 2 fully saturated rings. The van der Waals surface area contributed by atoms with Crippen LogP contribution in [0.25, 0.3) is 0 Å². The van der Waals surface area contributed by atoms with E-state index in [0.717, 1.165) is 18.4 Å². The SMILES string of the molecule is COc1ncccc1CNC(=O)[C@H]1CC(=O)N(C2CC2)C1. The summed E-state index contributed by atoms with van der Waals surface area (Å²) < 4.78 is 5.15. The molecule has 1 saturated heterocycles. The van der Waals surface area contributed by atoms with Crippen molar-refractivity contribution < 1.29 is 14.3 Å². The van der Waals surface area contributed by atoms with Gasteiger partial charge in [0.15, 0.2) is 0 Å². The lowest BCUT2D eigenvalue weighted by Crippen LogP contribution is -2.33. The van der Waals surface area contributed by atoms with Gasteiger partial charge in [-0.1, -0.05) is 6.07 Å². The van der Waals surface area contributed by atoms with Gasteiger partial charge in [0, 0.05) is 37.3 Å². The molecule has 0 unspecified atom stereocenters. The van der Waals surface area contributed by atoms with Gasteiger partial charge in [-0.2, -0.15) is 0 Å². The van der Waals surface area contributed by atoms with Crippen molar-refractivity contribution in [3.8, 4) is 5.88 Å². The van der Waals surface area contributed by atoms with E-state index in [2.05, 4.69) is 10.3 Å². The third-order valence-electron chi connectivity index (χ3n) is 4.01. The van der Waals surface area contributed by atoms with Crippen molar-refractivity contribution in [3.63, 3.8) is 0 Å². The molecule has 2 aliphatic rings. The molecule has 2 heterocycles. The number of nitrogens with one attached hydrogen (secondary N) is 1. The Morgan fingerprint density at radius 2 is 2.33 bits per heavy atom. The normalized spacial score (nSPS) is 21.5. The zero-order chi connectivity index (χ0) is 14.8. The monoisotopic (exact) mass is 289 g/mol. The fraction of sp³-hybridized carbons (Fsp3) is 0.533. The number of ether oxygens (including phenoxy) is 1. The molecular formula is C15H19N3O3. The second kappa shape index (κ2) is 5.71. The van der Waals surface area contributed by atoms with E-state index in [9.17, 15) is 9.59 Å². The van der Waals surface area contributed by atoms with Crippen molar-refractivity contribution in [2.45, 2.75) is 31.8 Å². The first-order valence-electron chi connectivity index (χ1n) is 7.24. The van der Waals surface area contributed by atoms with Gasteiger partial charge in [0.2, 0.25) is 17.7 Å². The Kier molecular flexibility index (Phi) is 3.77. The lowest BCUT2D eigenvalue weighted by Gasteiger charge is -2.15. The maximum absolute atomic E-state index is 12.2. The van der Waals surface area contributed by atoms with Crippen LogP contribution < -0.4 is 10.1 Å². The standard InChI is InChI=1S/C15H19N3O3/c1-21-15-10(3-2-6-16-15)8-17-14(20)11-7-13(19)18(9-11)12-4-5-12/h2-3,6,11-12H,4-5,7-9H2,1H3,(H,17,20)/t11-/m0/s1. The van der Waals surface area contributed by atoms with Crippen molar-refractivity contribution in [3.05, 3.63) is 23.9 Å². The second-order valence-corrected chi connectivity index (χ2v) is 5.57. The summed E-state index contributed by atoms with van der Waals surface area (Å²) in [6.45, 7) is 0.920. The summed E-state index contributed by atoms with van der Waals surface area (Å²) >= 11 is 0. The second-order valence-electron chi connectivity index (χ2n) is 5.57. The first-order chi connectivity index (χ1) is 10.2. The molecule has 1 atom stereocenters. The largest absolute Gasteiger partial charge is 0.481 e. The minimum Gasteiger partial charge on any atom is -0.481 e. The summed E-state index contributed by atoms with van der Waals surface area (Å²) in [6, 6.07) is 4.05. The van der Waals surface area contributed by atoms with Gasteiger partial charge in [-0.05, 0) is 18.9 Å². The van der Waals surface area contributed by atoms with Gasteiger partial charge in [-0.3, -0.25) is 9.59 Å². The first kappa shape index (κ1) is 13.9. The smallest absolute Gasteiger partial charge is 0.225 e. The number of methoxy groups -OCH3 is 1. The predicted molar refractivity (Wildman–Crippen MR) is 75.5 cm³/mol. The van der Waals surface area contributed by atoms with Crippen molar-refractivity contribution in [1.29, 1.82) is 0 Å². The Morgan fingerprint density at radius 3 is 3.05 bits per heavy atom. The van der Waals surface area contributed by atoms with Gasteiger partial charge in [0.05, 0.1) is 13.0 Å². The number of carbonyl (C=O) groups is 2.